The maximum Gasteiger partial charge on any atom is 0.0606 e. The summed E-state index contributed by atoms with van der Waals surface area (Å²) in [5, 5.41) is 21.7. The van der Waals surface area contributed by atoms with Gasteiger partial charge < -0.3 is 20.4 Å². The molecule has 0 aliphatic carbocycles. The minimum absolute atomic E-state index is 0.0658. The van der Waals surface area contributed by atoms with Crippen molar-refractivity contribution in [2.24, 2.45) is 0 Å². The van der Waals surface area contributed by atoms with Crippen molar-refractivity contribution in [1.82, 2.24) is 5.32 Å². The number of hydrogen-bond acceptors (Lipinski definition) is 4. The van der Waals surface area contributed by atoms with E-state index in [1.54, 1.807) is 6.08 Å². The van der Waals surface area contributed by atoms with Gasteiger partial charge >= 0.3 is 0 Å². The Hall–Kier alpha value is -2.30. The monoisotopic (exact) mass is 384 g/mol. The predicted molar refractivity (Wildman–Crippen MR) is 121 cm³/mol. The molecule has 1 aromatic carbocycles. The van der Waals surface area contributed by atoms with E-state index in [9.17, 15) is 0 Å². The average molecular weight is 385 g/mol. The summed E-state index contributed by atoms with van der Waals surface area (Å²) < 4.78 is 0. The zero-order chi connectivity index (χ0) is 20.5. The highest BCUT2D eigenvalue weighted by atomic mass is 16.3. The van der Waals surface area contributed by atoms with Gasteiger partial charge in [-0.15, -0.1) is 0 Å². The highest BCUT2D eigenvalue weighted by Gasteiger charge is 2.04. The lowest BCUT2D eigenvalue weighted by Crippen LogP contribution is -2.29. The van der Waals surface area contributed by atoms with Crippen LogP contribution in [0.2, 0.25) is 0 Å². The maximum absolute atomic E-state index is 9.16. The molecular weight excluding hydrogens is 348 g/mol. The molecule has 0 amide bonds. The number of hydrogen-bond donors (Lipinski definition) is 3. The Bertz CT molecular complexity index is 612. The first-order chi connectivity index (χ1) is 13.7. The maximum atomic E-state index is 9.16. The van der Waals surface area contributed by atoms with Crippen molar-refractivity contribution in [3.8, 4) is 0 Å². The lowest BCUT2D eigenvalue weighted by molar-refractivity contribution is 0.281. The Labute approximate surface area is 170 Å². The van der Waals surface area contributed by atoms with E-state index >= 15 is 0 Å². The zero-order valence-electron chi connectivity index (χ0n) is 17.2. The van der Waals surface area contributed by atoms with E-state index in [0.717, 1.165) is 23.4 Å². The summed E-state index contributed by atoms with van der Waals surface area (Å²) in [6, 6.07) is 8.09. The summed E-state index contributed by atoms with van der Waals surface area (Å²) in [5.74, 6) is 0. The van der Waals surface area contributed by atoms with Gasteiger partial charge in [-0.3, -0.25) is 0 Å². The minimum atomic E-state index is 0.0658. The van der Waals surface area contributed by atoms with Crippen LogP contribution in [0, 0.1) is 0 Å². The Morgan fingerprint density at radius 2 is 1.75 bits per heavy atom. The summed E-state index contributed by atoms with van der Waals surface area (Å²) in [6.45, 7) is 8.17. The average Bonchev–Trinajstić information content (AvgIpc) is 2.71. The van der Waals surface area contributed by atoms with Crippen LogP contribution in [0.1, 0.15) is 38.2 Å². The van der Waals surface area contributed by atoms with Gasteiger partial charge in [-0.05, 0) is 42.0 Å². The smallest absolute Gasteiger partial charge is 0.0606 e. The van der Waals surface area contributed by atoms with Crippen LogP contribution < -0.4 is 10.2 Å². The number of anilines is 1. The normalized spacial score (nSPS) is 12.0. The highest BCUT2D eigenvalue weighted by Crippen LogP contribution is 2.16. The van der Waals surface area contributed by atoms with Crippen LogP contribution in [-0.4, -0.2) is 43.1 Å². The number of rotatable bonds is 15. The van der Waals surface area contributed by atoms with Crippen LogP contribution in [-0.2, 0) is 0 Å². The van der Waals surface area contributed by atoms with Gasteiger partial charge in [0.2, 0.25) is 0 Å². The van der Waals surface area contributed by atoms with Gasteiger partial charge in [0.1, 0.15) is 0 Å². The molecule has 0 radical (unpaired) electrons. The fraction of sp³-hybridized carbons (Fsp3) is 0.417. The van der Waals surface area contributed by atoms with E-state index in [0.29, 0.717) is 13.1 Å². The number of aliphatic hydroxyl groups is 2. The van der Waals surface area contributed by atoms with Crippen LogP contribution in [0.5, 0.6) is 0 Å². The van der Waals surface area contributed by atoms with Crippen LogP contribution in [0.25, 0.3) is 6.08 Å². The molecule has 0 fully saturated rings. The summed E-state index contributed by atoms with van der Waals surface area (Å²) in [7, 11) is 0. The van der Waals surface area contributed by atoms with Crippen molar-refractivity contribution < 1.29 is 10.2 Å². The van der Waals surface area contributed by atoms with E-state index in [1.165, 1.54) is 25.7 Å². The largest absolute Gasteiger partial charge is 0.395 e. The number of aliphatic hydroxyl groups excluding tert-OH is 2. The lowest BCUT2D eigenvalue weighted by Gasteiger charge is -2.22. The summed E-state index contributed by atoms with van der Waals surface area (Å²) in [4.78, 5) is 1.96. The Kier molecular flexibility index (Phi) is 13.3. The molecule has 0 saturated heterocycles. The molecule has 0 aromatic heterocycles. The molecule has 4 heteroatoms. The molecule has 1 aromatic rings. The van der Waals surface area contributed by atoms with Crippen molar-refractivity contribution in [3.63, 3.8) is 0 Å². The van der Waals surface area contributed by atoms with Crippen molar-refractivity contribution >= 4 is 11.8 Å². The van der Waals surface area contributed by atoms with Gasteiger partial charge in [0, 0.05) is 25.3 Å². The third kappa shape index (κ3) is 10.1. The molecular formula is C24H36N2O2. The van der Waals surface area contributed by atoms with Crippen molar-refractivity contribution in [3.05, 3.63) is 72.5 Å². The van der Waals surface area contributed by atoms with Crippen LogP contribution in [0.3, 0.4) is 0 Å². The molecule has 0 aliphatic heterocycles. The Morgan fingerprint density at radius 3 is 2.36 bits per heavy atom. The molecule has 154 valence electrons. The molecule has 0 unspecified atom stereocenters. The molecule has 3 N–H and O–H groups in total. The Morgan fingerprint density at radius 1 is 1.04 bits per heavy atom. The third-order valence-corrected chi connectivity index (χ3v) is 4.34. The van der Waals surface area contributed by atoms with Gasteiger partial charge in [0.25, 0.3) is 0 Å². The van der Waals surface area contributed by atoms with E-state index in [2.05, 4.69) is 37.0 Å². The SMILES string of the molecule is C=C/C=C(\C=C/NCCCCCC)/C=C/c1ccc(N(CCO)CCO)cc1. The fourth-order valence-electron chi connectivity index (χ4n) is 2.80. The van der Waals surface area contributed by atoms with E-state index in [1.807, 2.05) is 41.4 Å². The topological polar surface area (TPSA) is 55.7 Å². The van der Waals surface area contributed by atoms with Crippen molar-refractivity contribution in [1.29, 1.82) is 0 Å². The second-order valence-electron chi connectivity index (χ2n) is 6.61. The molecule has 4 nitrogen and oxygen atoms in total. The first-order valence-electron chi connectivity index (χ1n) is 10.2. The standard InChI is InChI=1S/C24H36N2O2/c1-3-5-6-7-16-25-17-15-22(8-4-2)9-10-23-11-13-24(14-12-23)26(18-20-27)19-21-28/h4,8-15,17,25,27-28H,2-3,5-7,16,18-21H2,1H3/b10-9+,17-15-,22-8-. The summed E-state index contributed by atoms with van der Waals surface area (Å²) >= 11 is 0. The molecule has 0 spiro atoms. The summed E-state index contributed by atoms with van der Waals surface area (Å²) in [6.07, 6.45) is 17.0. The lowest BCUT2D eigenvalue weighted by atomic mass is 10.1. The fourth-order valence-corrected chi connectivity index (χ4v) is 2.80. The third-order valence-electron chi connectivity index (χ3n) is 4.34. The number of nitrogens with one attached hydrogen (secondary N) is 1. The molecule has 0 saturated carbocycles. The molecule has 0 atom stereocenters. The van der Waals surface area contributed by atoms with Crippen molar-refractivity contribution in [2.75, 3.05) is 37.7 Å². The van der Waals surface area contributed by atoms with E-state index in [4.69, 9.17) is 10.2 Å². The first kappa shape index (κ1) is 23.7. The quantitative estimate of drug-likeness (QED) is 0.312. The van der Waals surface area contributed by atoms with Crippen LogP contribution in [0.15, 0.2) is 66.9 Å². The van der Waals surface area contributed by atoms with E-state index < -0.39 is 0 Å². The second kappa shape index (κ2) is 15.7. The van der Waals surface area contributed by atoms with Gasteiger partial charge in [-0.1, -0.05) is 69.2 Å². The zero-order valence-corrected chi connectivity index (χ0v) is 17.2. The highest BCUT2D eigenvalue weighted by molar-refractivity contribution is 5.59. The van der Waals surface area contributed by atoms with E-state index in [-0.39, 0.29) is 13.2 Å². The molecule has 0 aliphatic rings. The molecule has 28 heavy (non-hydrogen) atoms. The van der Waals surface area contributed by atoms with Crippen LogP contribution in [0.4, 0.5) is 5.69 Å². The molecule has 1 rings (SSSR count). The van der Waals surface area contributed by atoms with Gasteiger partial charge in [-0.25, -0.2) is 0 Å². The van der Waals surface area contributed by atoms with Crippen molar-refractivity contribution in [2.45, 2.75) is 32.6 Å². The first-order valence-corrected chi connectivity index (χ1v) is 10.2. The van der Waals surface area contributed by atoms with Gasteiger partial charge in [0.05, 0.1) is 13.2 Å². The number of nitrogens with zero attached hydrogens (tertiary/aromatic N) is 1. The summed E-state index contributed by atoms with van der Waals surface area (Å²) in [5.41, 5.74) is 3.16. The molecule has 0 heterocycles. The van der Waals surface area contributed by atoms with Crippen LogP contribution >= 0.6 is 0 Å². The van der Waals surface area contributed by atoms with Gasteiger partial charge in [-0.2, -0.15) is 0 Å². The number of benzene rings is 1. The minimum Gasteiger partial charge on any atom is -0.395 e. The Balaban J connectivity index is 2.62. The predicted octanol–water partition coefficient (Wildman–Crippen LogP) is 4.29. The number of unbranched alkanes of at least 4 members (excludes halogenated alkanes) is 3. The second-order valence-corrected chi connectivity index (χ2v) is 6.61. The number of allylic oxidation sites excluding steroid dienone is 5. The molecule has 0 bridgehead atoms. The van der Waals surface area contributed by atoms with Gasteiger partial charge in [0.15, 0.2) is 0 Å².